The summed E-state index contributed by atoms with van der Waals surface area (Å²) in [7, 11) is 0. The third kappa shape index (κ3) is 3.95. The van der Waals surface area contributed by atoms with Crippen LogP contribution in [0.2, 0.25) is 5.02 Å². The predicted octanol–water partition coefficient (Wildman–Crippen LogP) is 3.99. The van der Waals surface area contributed by atoms with E-state index >= 15 is 0 Å². The van der Waals surface area contributed by atoms with Crippen molar-refractivity contribution in [2.24, 2.45) is 0 Å². The molecule has 1 N–H and O–H groups in total. The summed E-state index contributed by atoms with van der Waals surface area (Å²) in [4.78, 5) is 12.3. The zero-order valence-corrected chi connectivity index (χ0v) is 13.6. The standard InChI is InChI=1S/C18H20ClNO3/c19-14-7-9-15(10-8-14)23-17-6-4-5-16(21)20(17)13-18(22)11-2-1-3-12-18/h4-10,22H,1-3,11-13H2. The Labute approximate surface area is 140 Å². The van der Waals surface area contributed by atoms with Crippen LogP contribution in [0.5, 0.6) is 11.6 Å². The van der Waals surface area contributed by atoms with Crippen molar-refractivity contribution >= 4 is 11.6 Å². The van der Waals surface area contributed by atoms with E-state index in [0.29, 0.717) is 29.5 Å². The fourth-order valence-electron chi connectivity index (χ4n) is 3.03. The van der Waals surface area contributed by atoms with Gasteiger partial charge in [-0.15, -0.1) is 0 Å². The van der Waals surface area contributed by atoms with Gasteiger partial charge in [-0.2, -0.15) is 0 Å². The molecule has 1 heterocycles. The number of benzene rings is 1. The number of nitrogens with zero attached hydrogens (tertiary/aromatic N) is 1. The van der Waals surface area contributed by atoms with E-state index in [4.69, 9.17) is 16.3 Å². The van der Waals surface area contributed by atoms with Gasteiger partial charge in [-0.1, -0.05) is 36.9 Å². The van der Waals surface area contributed by atoms with Crippen LogP contribution in [-0.4, -0.2) is 15.3 Å². The van der Waals surface area contributed by atoms with Gasteiger partial charge in [-0.3, -0.25) is 9.36 Å². The van der Waals surface area contributed by atoms with Crippen LogP contribution in [0, 0.1) is 0 Å². The lowest BCUT2D eigenvalue weighted by Crippen LogP contribution is -2.39. The molecule has 122 valence electrons. The van der Waals surface area contributed by atoms with Crippen molar-refractivity contribution in [2.45, 2.75) is 44.2 Å². The molecule has 0 atom stereocenters. The molecule has 0 aliphatic heterocycles. The molecule has 0 unspecified atom stereocenters. The van der Waals surface area contributed by atoms with E-state index in [9.17, 15) is 9.90 Å². The minimum Gasteiger partial charge on any atom is -0.441 e. The van der Waals surface area contributed by atoms with Crippen molar-refractivity contribution in [1.29, 1.82) is 0 Å². The molecular weight excluding hydrogens is 314 g/mol. The van der Waals surface area contributed by atoms with E-state index < -0.39 is 5.60 Å². The van der Waals surface area contributed by atoms with Crippen LogP contribution >= 0.6 is 11.6 Å². The first-order valence-electron chi connectivity index (χ1n) is 7.91. The quantitative estimate of drug-likeness (QED) is 0.920. The largest absolute Gasteiger partial charge is 0.441 e. The molecule has 0 spiro atoms. The molecule has 1 fully saturated rings. The second kappa shape index (κ2) is 6.77. The summed E-state index contributed by atoms with van der Waals surface area (Å²) in [6.07, 6.45) is 4.56. The molecule has 1 aromatic heterocycles. The Kier molecular flexibility index (Phi) is 4.74. The Hall–Kier alpha value is -1.78. The highest BCUT2D eigenvalue weighted by Crippen LogP contribution is 2.31. The summed E-state index contributed by atoms with van der Waals surface area (Å²) >= 11 is 5.87. The highest BCUT2D eigenvalue weighted by Gasteiger charge is 2.30. The van der Waals surface area contributed by atoms with Crippen LogP contribution in [0.25, 0.3) is 0 Å². The Morgan fingerprint density at radius 1 is 1.09 bits per heavy atom. The van der Waals surface area contributed by atoms with Crippen LogP contribution in [0.15, 0.2) is 47.3 Å². The van der Waals surface area contributed by atoms with Gasteiger partial charge in [0.1, 0.15) is 5.75 Å². The van der Waals surface area contributed by atoms with Gasteiger partial charge in [-0.05, 0) is 43.2 Å². The third-order valence-corrected chi connectivity index (χ3v) is 4.53. The van der Waals surface area contributed by atoms with Crippen molar-refractivity contribution < 1.29 is 9.84 Å². The van der Waals surface area contributed by atoms with Crippen molar-refractivity contribution in [3.63, 3.8) is 0 Å². The number of ether oxygens (including phenoxy) is 1. The van der Waals surface area contributed by atoms with Gasteiger partial charge >= 0.3 is 0 Å². The van der Waals surface area contributed by atoms with Crippen LogP contribution in [-0.2, 0) is 6.54 Å². The minimum atomic E-state index is -0.832. The second-order valence-corrected chi connectivity index (χ2v) is 6.57. The van der Waals surface area contributed by atoms with E-state index in [2.05, 4.69) is 0 Å². The van der Waals surface area contributed by atoms with Gasteiger partial charge in [0.25, 0.3) is 5.56 Å². The number of hydrogen-bond donors (Lipinski definition) is 1. The minimum absolute atomic E-state index is 0.171. The zero-order valence-electron chi connectivity index (χ0n) is 12.9. The molecule has 5 heteroatoms. The molecular formula is C18H20ClNO3. The lowest BCUT2D eigenvalue weighted by Gasteiger charge is -2.33. The number of pyridine rings is 1. The predicted molar refractivity (Wildman–Crippen MR) is 90.3 cm³/mol. The SMILES string of the molecule is O=c1cccc(Oc2ccc(Cl)cc2)n1CC1(O)CCCCC1. The lowest BCUT2D eigenvalue weighted by molar-refractivity contribution is -0.0135. The monoisotopic (exact) mass is 333 g/mol. The first-order chi connectivity index (χ1) is 11.1. The molecule has 3 rings (SSSR count). The van der Waals surface area contributed by atoms with E-state index in [1.807, 2.05) is 0 Å². The fourth-order valence-corrected chi connectivity index (χ4v) is 3.16. The summed E-state index contributed by atoms with van der Waals surface area (Å²) in [6.45, 7) is 0.260. The van der Waals surface area contributed by atoms with E-state index in [0.717, 1.165) is 19.3 Å². The third-order valence-electron chi connectivity index (χ3n) is 4.28. The van der Waals surface area contributed by atoms with Crippen molar-refractivity contribution in [3.05, 3.63) is 57.8 Å². The molecule has 0 bridgehead atoms. The number of aliphatic hydroxyl groups is 1. The summed E-state index contributed by atoms with van der Waals surface area (Å²) in [5.74, 6) is 1.03. The fraction of sp³-hybridized carbons (Fsp3) is 0.389. The van der Waals surface area contributed by atoms with Crippen molar-refractivity contribution in [2.75, 3.05) is 0 Å². The molecule has 0 radical (unpaired) electrons. The normalized spacial score (nSPS) is 17.0. The van der Waals surface area contributed by atoms with E-state index in [1.54, 1.807) is 36.4 Å². The van der Waals surface area contributed by atoms with Gasteiger partial charge in [-0.25, -0.2) is 0 Å². The van der Waals surface area contributed by atoms with Crippen LogP contribution in [0.4, 0.5) is 0 Å². The van der Waals surface area contributed by atoms with Gasteiger partial charge in [0.05, 0.1) is 12.1 Å². The Bertz CT molecular complexity index is 718. The smallest absolute Gasteiger partial charge is 0.253 e. The zero-order chi connectivity index (χ0) is 16.3. The van der Waals surface area contributed by atoms with Crippen LogP contribution in [0.1, 0.15) is 32.1 Å². The average Bonchev–Trinajstić information content (AvgIpc) is 2.53. The highest BCUT2D eigenvalue weighted by molar-refractivity contribution is 6.30. The summed E-state index contributed by atoms with van der Waals surface area (Å²) in [6, 6.07) is 11.9. The maximum absolute atomic E-state index is 12.3. The molecule has 0 amide bonds. The van der Waals surface area contributed by atoms with Crippen LogP contribution in [0.3, 0.4) is 0 Å². The lowest BCUT2D eigenvalue weighted by atomic mass is 9.85. The molecule has 23 heavy (non-hydrogen) atoms. The van der Waals surface area contributed by atoms with E-state index in [1.165, 1.54) is 10.6 Å². The van der Waals surface area contributed by atoms with Crippen molar-refractivity contribution in [1.82, 2.24) is 4.57 Å². The van der Waals surface area contributed by atoms with E-state index in [-0.39, 0.29) is 12.1 Å². The summed E-state index contributed by atoms with van der Waals surface area (Å²) in [5.41, 5.74) is -1.00. The highest BCUT2D eigenvalue weighted by atomic mass is 35.5. The van der Waals surface area contributed by atoms with Gasteiger partial charge < -0.3 is 9.84 Å². The summed E-state index contributed by atoms with van der Waals surface area (Å²) < 4.78 is 7.34. The van der Waals surface area contributed by atoms with Gasteiger partial charge in [0.15, 0.2) is 0 Å². The molecule has 1 aromatic carbocycles. The number of hydrogen-bond acceptors (Lipinski definition) is 3. The Morgan fingerprint density at radius 3 is 2.48 bits per heavy atom. The van der Waals surface area contributed by atoms with Crippen molar-refractivity contribution in [3.8, 4) is 11.6 Å². The maximum atomic E-state index is 12.3. The number of halogens is 1. The number of aromatic nitrogens is 1. The first kappa shape index (κ1) is 16.1. The van der Waals surface area contributed by atoms with Crippen LogP contribution < -0.4 is 10.3 Å². The Morgan fingerprint density at radius 2 is 1.78 bits per heavy atom. The molecule has 1 aliphatic rings. The molecule has 0 saturated heterocycles. The maximum Gasteiger partial charge on any atom is 0.253 e. The molecule has 1 saturated carbocycles. The second-order valence-electron chi connectivity index (χ2n) is 6.13. The van der Waals surface area contributed by atoms with Gasteiger partial charge in [0.2, 0.25) is 5.88 Å². The molecule has 2 aromatic rings. The average molecular weight is 334 g/mol. The van der Waals surface area contributed by atoms with Gasteiger partial charge in [0, 0.05) is 11.1 Å². The summed E-state index contributed by atoms with van der Waals surface area (Å²) in [5, 5.41) is 11.4. The number of rotatable bonds is 4. The Balaban J connectivity index is 1.87. The topological polar surface area (TPSA) is 51.5 Å². The molecule has 4 nitrogen and oxygen atoms in total. The molecule has 1 aliphatic carbocycles. The first-order valence-corrected chi connectivity index (χ1v) is 8.29.